The van der Waals surface area contributed by atoms with E-state index in [1.165, 1.54) is 0 Å². The Balaban J connectivity index is 1.90. The first-order chi connectivity index (χ1) is 9.60. The van der Waals surface area contributed by atoms with E-state index in [2.05, 4.69) is 46.1 Å². The lowest BCUT2D eigenvalue weighted by Gasteiger charge is -2.35. The Morgan fingerprint density at radius 2 is 2.35 bits per heavy atom. The van der Waals surface area contributed by atoms with Crippen LogP contribution in [0.15, 0.2) is 22.7 Å². The monoisotopic (exact) mass is 337 g/mol. The highest BCUT2D eigenvalue weighted by Crippen LogP contribution is 2.23. The van der Waals surface area contributed by atoms with Gasteiger partial charge in [0.25, 0.3) is 0 Å². The molecule has 1 atom stereocenters. The summed E-state index contributed by atoms with van der Waals surface area (Å²) in [5.41, 5.74) is 1.65. The molecule has 0 radical (unpaired) electrons. The van der Waals surface area contributed by atoms with Crippen molar-refractivity contribution in [2.24, 2.45) is 0 Å². The number of nitrogens with zero attached hydrogens (tertiary/aromatic N) is 2. The Hall–Kier alpha value is -1.09. The number of ether oxygens (including phenoxy) is 1. The van der Waals surface area contributed by atoms with Gasteiger partial charge in [0, 0.05) is 35.8 Å². The summed E-state index contributed by atoms with van der Waals surface area (Å²) in [5.74, 6) is 0. The highest BCUT2D eigenvalue weighted by molar-refractivity contribution is 9.10. The quantitative estimate of drug-likeness (QED) is 0.917. The number of rotatable bonds is 4. The van der Waals surface area contributed by atoms with Crippen molar-refractivity contribution in [2.75, 3.05) is 31.6 Å². The third-order valence-electron chi connectivity index (χ3n) is 3.52. The number of hydrogen-bond donors (Lipinski definition) is 1. The van der Waals surface area contributed by atoms with Crippen LogP contribution in [-0.2, 0) is 4.74 Å². The summed E-state index contributed by atoms with van der Waals surface area (Å²) < 4.78 is 6.70. The number of nitrogens with one attached hydrogen (secondary N) is 1. The van der Waals surface area contributed by atoms with Gasteiger partial charge in [-0.1, -0.05) is 0 Å². The largest absolute Gasteiger partial charge is 0.381 e. The van der Waals surface area contributed by atoms with Crippen molar-refractivity contribution >= 4 is 21.6 Å². The predicted octanol–water partition coefficient (Wildman–Crippen LogP) is 2.84. The summed E-state index contributed by atoms with van der Waals surface area (Å²) in [6.07, 6.45) is 0.202. The van der Waals surface area contributed by atoms with Crippen molar-refractivity contribution in [1.82, 2.24) is 4.90 Å². The molecule has 108 valence electrons. The zero-order valence-corrected chi connectivity index (χ0v) is 13.5. The highest BCUT2D eigenvalue weighted by Gasteiger charge is 2.22. The standard InChI is InChI=1S/C15H20BrN3O/c1-11(2)19-5-6-20-13(10-19)9-18-15-4-3-12(8-17)7-14(15)16/h3-4,7,11,13,18H,5-6,9-10H2,1-2H3. The minimum Gasteiger partial charge on any atom is -0.381 e. The molecule has 0 bridgehead atoms. The molecule has 0 spiro atoms. The molecule has 0 aliphatic carbocycles. The van der Waals surface area contributed by atoms with Crippen LogP contribution in [0.1, 0.15) is 19.4 Å². The average molecular weight is 338 g/mol. The van der Waals surface area contributed by atoms with Crippen LogP contribution in [0.4, 0.5) is 5.69 Å². The SMILES string of the molecule is CC(C)N1CCOC(CNc2ccc(C#N)cc2Br)C1. The molecular formula is C15H20BrN3O. The van der Waals surface area contributed by atoms with Gasteiger partial charge in [-0.2, -0.15) is 5.26 Å². The number of benzene rings is 1. The smallest absolute Gasteiger partial charge is 0.0992 e. The molecule has 2 rings (SSSR count). The second-order valence-corrected chi connectivity index (χ2v) is 6.12. The van der Waals surface area contributed by atoms with E-state index in [-0.39, 0.29) is 6.10 Å². The summed E-state index contributed by atoms with van der Waals surface area (Å²) in [7, 11) is 0. The first-order valence-corrected chi connectivity index (χ1v) is 7.68. The Morgan fingerprint density at radius 3 is 3.00 bits per heavy atom. The number of nitriles is 1. The van der Waals surface area contributed by atoms with E-state index < -0.39 is 0 Å². The summed E-state index contributed by atoms with van der Waals surface area (Å²) in [6.45, 7) is 7.96. The molecule has 1 fully saturated rings. The van der Waals surface area contributed by atoms with E-state index in [0.29, 0.717) is 11.6 Å². The Bertz CT molecular complexity index is 498. The predicted molar refractivity (Wildman–Crippen MR) is 83.8 cm³/mol. The number of anilines is 1. The maximum Gasteiger partial charge on any atom is 0.0992 e. The molecule has 1 aromatic carbocycles. The molecule has 1 unspecified atom stereocenters. The molecule has 20 heavy (non-hydrogen) atoms. The van der Waals surface area contributed by atoms with E-state index in [9.17, 15) is 0 Å². The topological polar surface area (TPSA) is 48.3 Å². The van der Waals surface area contributed by atoms with Crippen molar-refractivity contribution in [3.05, 3.63) is 28.2 Å². The number of hydrogen-bond acceptors (Lipinski definition) is 4. The van der Waals surface area contributed by atoms with E-state index in [1.54, 1.807) is 0 Å². The van der Waals surface area contributed by atoms with Crippen molar-refractivity contribution < 1.29 is 4.74 Å². The molecule has 0 amide bonds. The third-order valence-corrected chi connectivity index (χ3v) is 4.17. The van der Waals surface area contributed by atoms with Gasteiger partial charge in [-0.25, -0.2) is 0 Å². The molecule has 0 saturated carbocycles. The van der Waals surface area contributed by atoms with Crippen molar-refractivity contribution in [3.8, 4) is 6.07 Å². The Kier molecular flexibility index (Phi) is 5.41. The summed E-state index contributed by atoms with van der Waals surface area (Å²) in [6, 6.07) is 8.25. The van der Waals surface area contributed by atoms with Crippen LogP contribution in [0.25, 0.3) is 0 Å². The molecule has 4 nitrogen and oxygen atoms in total. The van der Waals surface area contributed by atoms with Crippen molar-refractivity contribution in [3.63, 3.8) is 0 Å². The molecule has 0 aromatic heterocycles. The van der Waals surface area contributed by atoms with Crippen LogP contribution >= 0.6 is 15.9 Å². The molecule has 5 heteroatoms. The van der Waals surface area contributed by atoms with Gasteiger partial charge in [-0.15, -0.1) is 0 Å². The van der Waals surface area contributed by atoms with Crippen molar-refractivity contribution in [1.29, 1.82) is 5.26 Å². The summed E-state index contributed by atoms with van der Waals surface area (Å²) in [4.78, 5) is 2.43. The molecule has 1 heterocycles. The van der Waals surface area contributed by atoms with Gasteiger partial charge in [0.05, 0.1) is 24.3 Å². The first-order valence-electron chi connectivity index (χ1n) is 6.89. The minimum atomic E-state index is 0.202. The van der Waals surface area contributed by atoms with Gasteiger partial charge in [0.2, 0.25) is 0 Å². The fourth-order valence-electron chi connectivity index (χ4n) is 2.29. The number of halogens is 1. The third kappa shape index (κ3) is 3.95. The van der Waals surface area contributed by atoms with Gasteiger partial charge in [0.15, 0.2) is 0 Å². The molecular weight excluding hydrogens is 318 g/mol. The number of morpholine rings is 1. The lowest BCUT2D eigenvalue weighted by molar-refractivity contribution is -0.0315. The molecule has 1 aliphatic heterocycles. The van der Waals surface area contributed by atoms with Crippen LogP contribution in [0, 0.1) is 11.3 Å². The Morgan fingerprint density at radius 1 is 1.55 bits per heavy atom. The van der Waals surface area contributed by atoms with Gasteiger partial charge >= 0.3 is 0 Å². The maximum absolute atomic E-state index is 8.85. The molecule has 1 N–H and O–H groups in total. The fourth-order valence-corrected chi connectivity index (χ4v) is 2.81. The van der Waals surface area contributed by atoms with Crippen molar-refractivity contribution in [2.45, 2.75) is 26.0 Å². The van der Waals surface area contributed by atoms with E-state index in [4.69, 9.17) is 10.00 Å². The van der Waals surface area contributed by atoms with Crippen LogP contribution < -0.4 is 5.32 Å². The molecule has 1 saturated heterocycles. The molecule has 1 aromatic rings. The normalized spacial score (nSPS) is 19.9. The van der Waals surface area contributed by atoms with Gasteiger partial charge in [0.1, 0.15) is 0 Å². The fraction of sp³-hybridized carbons (Fsp3) is 0.533. The van der Waals surface area contributed by atoms with Crippen LogP contribution in [0.5, 0.6) is 0 Å². The zero-order chi connectivity index (χ0) is 14.5. The van der Waals surface area contributed by atoms with Gasteiger partial charge in [-0.3, -0.25) is 4.90 Å². The average Bonchev–Trinajstić information content (AvgIpc) is 2.46. The summed E-state index contributed by atoms with van der Waals surface area (Å²) >= 11 is 3.48. The minimum absolute atomic E-state index is 0.202. The van der Waals surface area contributed by atoms with Gasteiger partial charge < -0.3 is 10.1 Å². The van der Waals surface area contributed by atoms with E-state index in [1.807, 2.05) is 18.2 Å². The van der Waals surface area contributed by atoms with Crippen LogP contribution in [0.3, 0.4) is 0 Å². The highest BCUT2D eigenvalue weighted by atomic mass is 79.9. The first kappa shape index (κ1) is 15.3. The van der Waals surface area contributed by atoms with E-state index >= 15 is 0 Å². The van der Waals surface area contributed by atoms with Gasteiger partial charge in [-0.05, 0) is 48.0 Å². The second kappa shape index (κ2) is 7.07. The Labute approximate surface area is 128 Å². The lowest BCUT2D eigenvalue weighted by atomic mass is 10.2. The molecule has 1 aliphatic rings. The maximum atomic E-state index is 8.85. The van der Waals surface area contributed by atoms with Crippen LogP contribution in [-0.4, -0.2) is 43.3 Å². The summed E-state index contributed by atoms with van der Waals surface area (Å²) in [5, 5.41) is 12.2. The lowest BCUT2D eigenvalue weighted by Crippen LogP contribution is -2.48. The van der Waals surface area contributed by atoms with Crippen LogP contribution in [0.2, 0.25) is 0 Å². The second-order valence-electron chi connectivity index (χ2n) is 5.27. The van der Waals surface area contributed by atoms with E-state index in [0.717, 1.165) is 36.4 Å². The zero-order valence-electron chi connectivity index (χ0n) is 11.9.